The van der Waals surface area contributed by atoms with Crippen LogP contribution in [0.5, 0.6) is 5.75 Å². The lowest BCUT2D eigenvalue weighted by Gasteiger charge is -2.17. The van der Waals surface area contributed by atoms with Crippen molar-refractivity contribution in [1.82, 2.24) is 0 Å². The third-order valence-corrected chi connectivity index (χ3v) is 5.85. The van der Waals surface area contributed by atoms with E-state index in [0.29, 0.717) is 25.2 Å². The lowest BCUT2D eigenvalue weighted by Crippen LogP contribution is -2.16. The van der Waals surface area contributed by atoms with Crippen LogP contribution in [0.15, 0.2) is 30.4 Å². The zero-order valence-corrected chi connectivity index (χ0v) is 16.7. The van der Waals surface area contributed by atoms with Crippen LogP contribution in [-0.2, 0) is 11.2 Å². The summed E-state index contributed by atoms with van der Waals surface area (Å²) < 4.78 is 6.24. The molecule has 1 heterocycles. The van der Waals surface area contributed by atoms with Gasteiger partial charge in [0.2, 0.25) is 0 Å². The Balaban J connectivity index is 1.71. The molecule has 1 aliphatic heterocycles. The standard InChI is InChI=1S/C24H30O4/c1-3-4-8-16(2)9-5-12-18-20(25)15-21-23(18)19-13-6-10-17(24(19)28-21)11-7-14-22(26)27/h5-6,10,12-13,16,18,20-21,23,25H,7-9,11,14-15H2,1-2H3,(H,26,27)/b12-5+/t16?,18?,20-,21?,23?/m1/s1. The first kappa shape index (κ1) is 20.5. The van der Waals surface area contributed by atoms with Crippen molar-refractivity contribution < 1.29 is 19.7 Å². The number of carboxylic acids is 1. The zero-order valence-electron chi connectivity index (χ0n) is 16.7. The van der Waals surface area contributed by atoms with Crippen LogP contribution in [0.25, 0.3) is 0 Å². The highest BCUT2D eigenvalue weighted by atomic mass is 16.5. The number of carboxylic acid groups (broad SMARTS) is 1. The fraction of sp³-hybridized carbons (Fsp3) is 0.542. The van der Waals surface area contributed by atoms with E-state index in [2.05, 4.69) is 37.0 Å². The van der Waals surface area contributed by atoms with Crippen LogP contribution < -0.4 is 4.74 Å². The van der Waals surface area contributed by atoms with Crippen molar-refractivity contribution in [3.8, 4) is 17.6 Å². The van der Waals surface area contributed by atoms with Crippen molar-refractivity contribution in [3.63, 3.8) is 0 Å². The summed E-state index contributed by atoms with van der Waals surface area (Å²) in [5.41, 5.74) is 2.24. The molecule has 0 bridgehead atoms. The molecule has 1 aliphatic carbocycles. The summed E-state index contributed by atoms with van der Waals surface area (Å²) in [5.74, 6) is 6.96. The summed E-state index contributed by atoms with van der Waals surface area (Å²) in [6, 6.07) is 6.15. The van der Waals surface area contributed by atoms with Crippen LogP contribution in [0.3, 0.4) is 0 Å². The predicted molar refractivity (Wildman–Crippen MR) is 109 cm³/mol. The quantitative estimate of drug-likeness (QED) is 0.519. The van der Waals surface area contributed by atoms with Gasteiger partial charge in [-0.2, -0.15) is 0 Å². The number of fused-ring (bicyclic) bond motifs is 3. The maximum Gasteiger partial charge on any atom is 0.303 e. The van der Waals surface area contributed by atoms with Gasteiger partial charge in [0.15, 0.2) is 0 Å². The number of para-hydroxylation sites is 1. The van der Waals surface area contributed by atoms with Crippen LogP contribution in [-0.4, -0.2) is 28.4 Å². The molecular formula is C24H30O4. The number of hydrogen-bond acceptors (Lipinski definition) is 3. The van der Waals surface area contributed by atoms with E-state index < -0.39 is 5.97 Å². The summed E-state index contributed by atoms with van der Waals surface area (Å²) in [6.07, 6.45) is 7.94. The van der Waals surface area contributed by atoms with E-state index in [1.165, 1.54) is 0 Å². The van der Waals surface area contributed by atoms with Crippen molar-refractivity contribution >= 4 is 5.97 Å². The van der Waals surface area contributed by atoms with Gasteiger partial charge in [-0.05, 0) is 37.7 Å². The minimum atomic E-state index is -0.766. The molecule has 4 heteroatoms. The molecule has 5 atom stereocenters. The number of aliphatic carboxylic acids is 1. The molecule has 0 spiro atoms. The van der Waals surface area contributed by atoms with Crippen molar-refractivity contribution in [1.29, 1.82) is 0 Å². The molecule has 150 valence electrons. The van der Waals surface area contributed by atoms with Gasteiger partial charge in [-0.3, -0.25) is 4.79 Å². The second-order valence-corrected chi connectivity index (χ2v) is 8.05. The monoisotopic (exact) mass is 382 g/mol. The molecule has 1 fully saturated rings. The van der Waals surface area contributed by atoms with E-state index >= 15 is 0 Å². The normalized spacial score (nSPS) is 26.2. The van der Waals surface area contributed by atoms with Crippen LogP contribution >= 0.6 is 0 Å². The second-order valence-electron chi connectivity index (χ2n) is 8.05. The van der Waals surface area contributed by atoms with Crippen LogP contribution in [0, 0.1) is 23.7 Å². The third-order valence-electron chi connectivity index (χ3n) is 5.85. The number of ether oxygens (including phenoxy) is 1. The third kappa shape index (κ3) is 4.59. The molecule has 0 saturated heterocycles. The molecule has 0 radical (unpaired) electrons. The van der Waals surface area contributed by atoms with E-state index in [0.717, 1.165) is 29.7 Å². The van der Waals surface area contributed by atoms with Gasteiger partial charge in [0, 0.05) is 36.7 Å². The minimum absolute atomic E-state index is 0.00338. The maximum atomic E-state index is 10.8. The Morgan fingerprint density at radius 1 is 1.43 bits per heavy atom. The zero-order chi connectivity index (χ0) is 20.1. The first-order valence-electron chi connectivity index (χ1n) is 10.3. The number of benzene rings is 1. The van der Waals surface area contributed by atoms with Gasteiger partial charge < -0.3 is 14.9 Å². The van der Waals surface area contributed by atoms with E-state index in [1.807, 2.05) is 19.1 Å². The highest BCUT2D eigenvalue weighted by Crippen LogP contribution is 2.52. The molecule has 1 aromatic carbocycles. The number of hydrogen-bond donors (Lipinski definition) is 2. The average Bonchev–Trinajstić information content (AvgIpc) is 3.16. The molecule has 28 heavy (non-hydrogen) atoms. The number of aryl methyl sites for hydroxylation is 1. The highest BCUT2D eigenvalue weighted by molar-refractivity contribution is 5.66. The molecule has 1 aromatic rings. The topological polar surface area (TPSA) is 66.8 Å². The van der Waals surface area contributed by atoms with Crippen LogP contribution in [0.1, 0.15) is 63.0 Å². The second kappa shape index (κ2) is 9.30. The Morgan fingerprint density at radius 2 is 2.25 bits per heavy atom. The summed E-state index contributed by atoms with van der Waals surface area (Å²) in [6.45, 7) is 4.06. The van der Waals surface area contributed by atoms with Gasteiger partial charge in [-0.1, -0.05) is 37.3 Å². The van der Waals surface area contributed by atoms with Crippen molar-refractivity contribution in [2.24, 2.45) is 11.8 Å². The number of allylic oxidation sites excluding steroid dienone is 1. The van der Waals surface area contributed by atoms with Crippen molar-refractivity contribution in [2.45, 2.75) is 70.5 Å². The molecule has 4 unspecified atom stereocenters. The summed E-state index contributed by atoms with van der Waals surface area (Å²) in [4.78, 5) is 10.8. The SMILES string of the molecule is CC#CCC(C)C/C=C/C1C2c3cccc(CCCC(=O)O)c3OC2C[C@H]1O. The van der Waals surface area contributed by atoms with Crippen molar-refractivity contribution in [2.75, 3.05) is 0 Å². The van der Waals surface area contributed by atoms with Gasteiger partial charge in [0.1, 0.15) is 11.9 Å². The number of aliphatic hydroxyl groups excluding tert-OH is 1. The highest BCUT2D eigenvalue weighted by Gasteiger charge is 2.48. The van der Waals surface area contributed by atoms with Gasteiger partial charge in [0.05, 0.1) is 6.10 Å². The lowest BCUT2D eigenvalue weighted by atomic mass is 9.86. The minimum Gasteiger partial charge on any atom is -0.489 e. The molecular weight excluding hydrogens is 352 g/mol. The molecule has 0 amide bonds. The van der Waals surface area contributed by atoms with Gasteiger partial charge in [0.25, 0.3) is 0 Å². The smallest absolute Gasteiger partial charge is 0.303 e. The average molecular weight is 383 g/mol. The van der Waals surface area contributed by atoms with E-state index in [1.54, 1.807) is 0 Å². The van der Waals surface area contributed by atoms with E-state index in [4.69, 9.17) is 9.84 Å². The summed E-state index contributed by atoms with van der Waals surface area (Å²) >= 11 is 0. The van der Waals surface area contributed by atoms with Crippen LogP contribution in [0.2, 0.25) is 0 Å². The maximum absolute atomic E-state index is 10.8. The molecule has 3 rings (SSSR count). The molecule has 2 aliphatic rings. The van der Waals surface area contributed by atoms with Gasteiger partial charge >= 0.3 is 5.97 Å². The fourth-order valence-electron chi connectivity index (χ4n) is 4.42. The van der Waals surface area contributed by atoms with Crippen molar-refractivity contribution in [3.05, 3.63) is 41.5 Å². The van der Waals surface area contributed by atoms with Gasteiger partial charge in [-0.15, -0.1) is 11.8 Å². The number of carbonyl (C=O) groups is 1. The lowest BCUT2D eigenvalue weighted by molar-refractivity contribution is -0.137. The Morgan fingerprint density at radius 3 is 3.00 bits per heavy atom. The molecule has 1 saturated carbocycles. The Hall–Kier alpha value is -2.25. The van der Waals surface area contributed by atoms with Crippen LogP contribution in [0.4, 0.5) is 0 Å². The fourth-order valence-corrected chi connectivity index (χ4v) is 4.42. The number of rotatable bonds is 8. The molecule has 4 nitrogen and oxygen atoms in total. The Bertz CT molecular complexity index is 786. The molecule has 0 aromatic heterocycles. The largest absolute Gasteiger partial charge is 0.489 e. The summed E-state index contributed by atoms with van der Waals surface area (Å²) in [5, 5.41) is 19.5. The number of aliphatic hydroxyl groups is 1. The summed E-state index contributed by atoms with van der Waals surface area (Å²) in [7, 11) is 0. The predicted octanol–water partition coefficient (Wildman–Crippen LogP) is 4.32. The first-order valence-corrected chi connectivity index (χ1v) is 10.3. The molecule has 2 N–H and O–H groups in total. The first-order chi connectivity index (χ1) is 13.5. The van der Waals surface area contributed by atoms with Gasteiger partial charge in [-0.25, -0.2) is 0 Å². The Kier molecular flexibility index (Phi) is 6.80. The van der Waals surface area contributed by atoms with E-state index in [-0.39, 0.29) is 30.5 Å². The van der Waals surface area contributed by atoms with E-state index in [9.17, 15) is 9.90 Å². The Labute approximate surface area is 167 Å².